The third kappa shape index (κ3) is 8.76. The minimum absolute atomic E-state index is 0.0326. The Morgan fingerprint density at radius 1 is 1.17 bits per heavy atom. The molecule has 1 aliphatic heterocycles. The van der Waals surface area contributed by atoms with Crippen molar-refractivity contribution in [2.45, 2.75) is 83.6 Å². The number of carbonyl (C=O) groups is 2. The van der Waals surface area contributed by atoms with Crippen LogP contribution in [0.2, 0.25) is 0 Å². The van der Waals surface area contributed by atoms with Crippen molar-refractivity contribution in [1.82, 2.24) is 16.0 Å². The summed E-state index contributed by atoms with van der Waals surface area (Å²) in [5, 5.41) is 20.1. The number of ether oxygens (including phenoxy) is 1. The number of aliphatic imine (C=N–C) groups is 1. The third-order valence-corrected chi connectivity index (χ3v) is 8.00. The van der Waals surface area contributed by atoms with Gasteiger partial charge in [0.2, 0.25) is 0 Å². The van der Waals surface area contributed by atoms with Crippen LogP contribution in [-0.4, -0.2) is 52.3 Å². The first-order valence-corrected chi connectivity index (χ1v) is 13.8. The lowest BCUT2D eigenvalue weighted by atomic mass is 9.86. The first-order valence-electron chi connectivity index (χ1n) is 12.8. The van der Waals surface area contributed by atoms with E-state index in [2.05, 4.69) is 29.5 Å². The number of nitrogens with one attached hydrogen (secondary N) is 3. The molecule has 1 unspecified atom stereocenters. The molecule has 0 aromatic heterocycles. The molecular formula is C27H40N4O4S. The number of benzene rings is 1. The molecule has 1 aliphatic carbocycles. The second kappa shape index (κ2) is 13.6. The average Bonchev–Trinajstić information content (AvgIpc) is 2.97. The summed E-state index contributed by atoms with van der Waals surface area (Å²) in [4.78, 5) is 29.7. The van der Waals surface area contributed by atoms with Crippen molar-refractivity contribution < 1.29 is 19.4 Å². The van der Waals surface area contributed by atoms with Crippen LogP contribution >= 0.6 is 11.8 Å². The van der Waals surface area contributed by atoms with Crippen molar-refractivity contribution in [3.63, 3.8) is 0 Å². The first-order chi connectivity index (χ1) is 17.2. The van der Waals surface area contributed by atoms with Crippen molar-refractivity contribution in [2.75, 3.05) is 5.75 Å². The molecule has 2 aliphatic rings. The summed E-state index contributed by atoms with van der Waals surface area (Å²) in [7, 11) is 0. The largest absolute Gasteiger partial charge is 0.513 e. The lowest BCUT2D eigenvalue weighted by Gasteiger charge is -2.30. The summed E-state index contributed by atoms with van der Waals surface area (Å²) in [5.41, 5.74) is 1.04. The summed E-state index contributed by atoms with van der Waals surface area (Å²) < 4.78 is 5.21. The van der Waals surface area contributed by atoms with Crippen LogP contribution in [0.3, 0.4) is 0 Å². The lowest BCUT2D eigenvalue weighted by molar-refractivity contribution is 0.109. The monoisotopic (exact) mass is 516 g/mol. The number of nitrogens with zero attached hydrogens (tertiary/aromatic N) is 1. The van der Waals surface area contributed by atoms with Gasteiger partial charge in [-0.25, -0.2) is 9.59 Å². The number of alkyl carbamates (subject to hydrolysis) is 1. The predicted molar refractivity (Wildman–Crippen MR) is 145 cm³/mol. The second-order valence-electron chi connectivity index (χ2n) is 10.0. The number of rotatable bonds is 8. The van der Waals surface area contributed by atoms with Crippen LogP contribution in [0.25, 0.3) is 0 Å². The number of urea groups is 1. The maximum atomic E-state index is 12.7. The summed E-state index contributed by atoms with van der Waals surface area (Å²) >= 11 is 1.70. The molecule has 198 valence electrons. The highest BCUT2D eigenvalue weighted by Gasteiger charge is 2.34. The van der Waals surface area contributed by atoms with E-state index >= 15 is 0 Å². The molecule has 4 N–H and O–H groups in total. The van der Waals surface area contributed by atoms with E-state index in [9.17, 15) is 14.7 Å². The van der Waals surface area contributed by atoms with E-state index in [1.165, 1.54) is 0 Å². The van der Waals surface area contributed by atoms with E-state index in [0.29, 0.717) is 24.6 Å². The number of aliphatic hydroxyl groups is 1. The Morgan fingerprint density at radius 2 is 1.86 bits per heavy atom. The molecular weight excluding hydrogens is 476 g/mol. The highest BCUT2D eigenvalue weighted by Crippen LogP contribution is 2.34. The van der Waals surface area contributed by atoms with Gasteiger partial charge in [0.25, 0.3) is 0 Å². The molecule has 3 atom stereocenters. The van der Waals surface area contributed by atoms with Crippen LogP contribution in [0.15, 0.2) is 47.7 Å². The normalized spacial score (nSPS) is 26.3. The zero-order valence-electron chi connectivity index (χ0n) is 21.5. The second-order valence-corrected chi connectivity index (χ2v) is 11.1. The van der Waals surface area contributed by atoms with Crippen molar-refractivity contribution in [2.24, 2.45) is 16.8 Å². The molecule has 9 heteroatoms. The van der Waals surface area contributed by atoms with Crippen LogP contribution in [0.1, 0.15) is 58.4 Å². The van der Waals surface area contributed by atoms with E-state index in [4.69, 9.17) is 9.73 Å². The average molecular weight is 517 g/mol. The van der Waals surface area contributed by atoms with Gasteiger partial charge in [0.05, 0.1) is 22.9 Å². The molecule has 1 aromatic rings. The Balaban J connectivity index is 1.58. The summed E-state index contributed by atoms with van der Waals surface area (Å²) in [6.45, 7) is 9.90. The molecule has 1 heterocycles. The van der Waals surface area contributed by atoms with E-state index in [1.54, 1.807) is 11.8 Å². The van der Waals surface area contributed by atoms with Crippen molar-refractivity contribution in [1.29, 1.82) is 0 Å². The van der Waals surface area contributed by atoms with E-state index in [1.807, 2.05) is 44.2 Å². The molecule has 0 bridgehead atoms. The van der Waals surface area contributed by atoms with Crippen molar-refractivity contribution >= 4 is 28.9 Å². The maximum absolute atomic E-state index is 12.7. The quantitative estimate of drug-likeness (QED) is 0.357. The fourth-order valence-electron chi connectivity index (χ4n) is 4.68. The van der Waals surface area contributed by atoms with Gasteiger partial charge in [-0.3, -0.25) is 4.99 Å². The van der Waals surface area contributed by atoms with E-state index < -0.39 is 0 Å². The highest BCUT2D eigenvalue weighted by atomic mass is 32.2. The summed E-state index contributed by atoms with van der Waals surface area (Å²) in [5.74, 6) is 1.16. The highest BCUT2D eigenvalue weighted by molar-refractivity contribution is 8.14. The molecule has 1 aromatic carbocycles. The van der Waals surface area contributed by atoms with Crippen LogP contribution in [0.4, 0.5) is 9.59 Å². The fourth-order valence-corrected chi connectivity index (χ4v) is 6.10. The van der Waals surface area contributed by atoms with Gasteiger partial charge < -0.3 is 25.8 Å². The smallest absolute Gasteiger partial charge is 0.407 e. The Labute approximate surface area is 218 Å². The first kappa shape index (κ1) is 27.9. The minimum atomic E-state index is -0.357. The number of aliphatic hydroxyl groups excluding tert-OH is 1. The van der Waals surface area contributed by atoms with Gasteiger partial charge in [0, 0.05) is 42.6 Å². The van der Waals surface area contributed by atoms with Gasteiger partial charge in [0.15, 0.2) is 0 Å². The molecule has 0 radical (unpaired) electrons. The topological polar surface area (TPSA) is 112 Å². The minimum Gasteiger partial charge on any atom is -0.513 e. The zero-order chi connectivity index (χ0) is 26.1. The number of amides is 3. The summed E-state index contributed by atoms with van der Waals surface area (Å²) in [6, 6.07) is 9.44. The molecule has 3 amide bonds. The molecule has 36 heavy (non-hydrogen) atoms. The standard InChI is InChI=1S/C27H40N4O4S/c1-17(2)35-27(34)29-22-12-10-21(11-13-22)25-30-23(14-18(3)32)19(4)24(16-36-25)31-26(33)28-15-20-8-6-5-7-9-20/h5-9,17,19,21-24,32H,3,10-16H2,1-2,4H3,(H,29,34)(H2,28,31,33)/t19-,21?,22?,23+,24?/m0/s1. The van der Waals surface area contributed by atoms with Gasteiger partial charge in [-0.2, -0.15) is 0 Å². The molecule has 0 spiro atoms. The lowest BCUT2D eigenvalue weighted by Crippen LogP contribution is -2.48. The fraction of sp³-hybridized carbons (Fsp3) is 0.593. The van der Waals surface area contributed by atoms with E-state index in [-0.39, 0.29) is 48.0 Å². The zero-order valence-corrected chi connectivity index (χ0v) is 22.4. The van der Waals surface area contributed by atoms with E-state index in [0.717, 1.165) is 36.3 Å². The SMILES string of the molecule is C=C(O)C[C@H]1N=C(C2CCC(NC(=O)OC(C)C)CC2)SCC(NC(=O)NCc2ccccc2)[C@H]1C. The Morgan fingerprint density at radius 3 is 2.50 bits per heavy atom. The van der Waals surface area contributed by atoms with Gasteiger partial charge >= 0.3 is 12.1 Å². The predicted octanol–water partition coefficient (Wildman–Crippen LogP) is 5.16. The maximum Gasteiger partial charge on any atom is 0.407 e. The molecule has 0 saturated heterocycles. The van der Waals surface area contributed by atoms with Crippen LogP contribution < -0.4 is 16.0 Å². The number of thioether (sulfide) groups is 1. The number of carbonyl (C=O) groups excluding carboxylic acids is 2. The van der Waals surface area contributed by atoms with Gasteiger partial charge in [0.1, 0.15) is 0 Å². The molecule has 1 fully saturated rings. The molecule has 3 rings (SSSR count). The number of hydrogen-bond donors (Lipinski definition) is 4. The van der Waals surface area contributed by atoms with Crippen LogP contribution in [-0.2, 0) is 11.3 Å². The van der Waals surface area contributed by atoms with Crippen molar-refractivity contribution in [3.05, 3.63) is 48.2 Å². The van der Waals surface area contributed by atoms with Crippen LogP contribution in [0, 0.1) is 11.8 Å². The van der Waals surface area contributed by atoms with Crippen LogP contribution in [0.5, 0.6) is 0 Å². The molecule has 8 nitrogen and oxygen atoms in total. The Hall–Kier alpha value is -2.68. The third-order valence-electron chi connectivity index (χ3n) is 6.74. The van der Waals surface area contributed by atoms with Crippen molar-refractivity contribution in [3.8, 4) is 0 Å². The number of hydrogen-bond acceptors (Lipinski definition) is 6. The van der Waals surface area contributed by atoms with Gasteiger partial charge in [-0.05, 0) is 45.1 Å². The Kier molecular flexibility index (Phi) is 10.5. The summed E-state index contributed by atoms with van der Waals surface area (Å²) in [6.07, 6.45) is 3.46. The van der Waals surface area contributed by atoms with Gasteiger partial charge in [-0.1, -0.05) is 43.8 Å². The van der Waals surface area contributed by atoms with Gasteiger partial charge in [-0.15, -0.1) is 11.8 Å². The molecule has 1 saturated carbocycles. The Bertz CT molecular complexity index is 916.